The Hall–Kier alpha value is 0.0700. The van der Waals surface area contributed by atoms with Crippen molar-refractivity contribution in [3.05, 3.63) is 0 Å². The first-order chi connectivity index (χ1) is 8.17. The van der Waals surface area contributed by atoms with Crippen LogP contribution >= 0.6 is 7.82 Å². The van der Waals surface area contributed by atoms with Crippen LogP contribution in [-0.4, -0.2) is 28.1 Å². The maximum absolute atomic E-state index is 10.9. The van der Waals surface area contributed by atoms with Crippen LogP contribution in [0.2, 0.25) is 0 Å². The zero-order valence-corrected chi connectivity index (χ0v) is 12.5. The second-order valence-corrected chi connectivity index (χ2v) is 6.93. The first-order valence-electron chi connectivity index (χ1n) is 6.56. The lowest BCUT2D eigenvalue weighted by Gasteiger charge is -2.37. The van der Waals surface area contributed by atoms with Crippen molar-refractivity contribution in [3.8, 4) is 0 Å². The van der Waals surface area contributed by atoms with Crippen LogP contribution in [0.5, 0.6) is 0 Å². The minimum Gasteiger partial charge on any atom is -0.375 e. The summed E-state index contributed by atoms with van der Waals surface area (Å²) in [6, 6.07) is 0. The van der Waals surface area contributed by atoms with Gasteiger partial charge in [0.05, 0.1) is 18.3 Å². The molecule has 0 bridgehead atoms. The summed E-state index contributed by atoms with van der Waals surface area (Å²) in [6.07, 6.45) is 1.94. The molecule has 1 saturated carbocycles. The van der Waals surface area contributed by atoms with E-state index in [9.17, 15) is 4.57 Å². The number of phosphoric ester groups is 1. The standard InChI is InChI=1S/C12H25O5P/c1-8(2)10-5-11(16-9(3)4)7-12(6-10)17-18(13,14)15/h8-12H,5-7H2,1-4H3,(H2,13,14,15)/t10-,11+,12-/m1/s1. The maximum Gasteiger partial charge on any atom is 0.469 e. The van der Waals surface area contributed by atoms with Crippen LogP contribution < -0.4 is 0 Å². The van der Waals surface area contributed by atoms with Crippen molar-refractivity contribution < 1.29 is 23.6 Å². The lowest BCUT2D eigenvalue weighted by molar-refractivity contribution is -0.0627. The normalized spacial score (nSPS) is 30.1. The lowest BCUT2D eigenvalue weighted by atomic mass is 9.79. The largest absolute Gasteiger partial charge is 0.469 e. The Balaban J connectivity index is 2.65. The molecule has 0 saturated heterocycles. The zero-order valence-electron chi connectivity index (χ0n) is 11.6. The van der Waals surface area contributed by atoms with Crippen LogP contribution in [0.1, 0.15) is 47.0 Å². The van der Waals surface area contributed by atoms with Gasteiger partial charge in [0.15, 0.2) is 0 Å². The summed E-state index contributed by atoms with van der Waals surface area (Å²) in [5, 5.41) is 0. The highest BCUT2D eigenvalue weighted by Gasteiger charge is 2.35. The molecule has 1 rings (SSSR count). The van der Waals surface area contributed by atoms with Crippen molar-refractivity contribution >= 4 is 7.82 Å². The fraction of sp³-hybridized carbons (Fsp3) is 1.00. The van der Waals surface area contributed by atoms with E-state index in [-0.39, 0.29) is 12.2 Å². The van der Waals surface area contributed by atoms with Crippen LogP contribution in [0.15, 0.2) is 0 Å². The molecule has 3 atom stereocenters. The van der Waals surface area contributed by atoms with Gasteiger partial charge in [-0.05, 0) is 38.5 Å². The molecular weight excluding hydrogens is 255 g/mol. The summed E-state index contributed by atoms with van der Waals surface area (Å²) in [5.41, 5.74) is 0. The quantitative estimate of drug-likeness (QED) is 0.757. The molecule has 0 aromatic heterocycles. The molecule has 1 aliphatic carbocycles. The van der Waals surface area contributed by atoms with E-state index >= 15 is 0 Å². The summed E-state index contributed by atoms with van der Waals surface area (Å²) in [7, 11) is -4.41. The van der Waals surface area contributed by atoms with E-state index in [1.165, 1.54) is 0 Å². The van der Waals surface area contributed by atoms with Crippen molar-refractivity contribution in [3.63, 3.8) is 0 Å². The Morgan fingerprint density at radius 3 is 2.06 bits per heavy atom. The molecule has 18 heavy (non-hydrogen) atoms. The van der Waals surface area contributed by atoms with Gasteiger partial charge >= 0.3 is 7.82 Å². The number of hydrogen-bond acceptors (Lipinski definition) is 3. The highest BCUT2D eigenvalue weighted by molar-refractivity contribution is 7.46. The molecule has 108 valence electrons. The molecule has 0 unspecified atom stereocenters. The van der Waals surface area contributed by atoms with E-state index in [1.807, 2.05) is 13.8 Å². The second kappa shape index (κ2) is 6.49. The fourth-order valence-electron chi connectivity index (χ4n) is 2.58. The Labute approximate surface area is 109 Å². The van der Waals surface area contributed by atoms with Crippen molar-refractivity contribution in [1.82, 2.24) is 0 Å². The summed E-state index contributed by atoms with van der Waals surface area (Å²) in [4.78, 5) is 17.8. The first-order valence-corrected chi connectivity index (χ1v) is 8.09. The average Bonchev–Trinajstić information content (AvgIpc) is 2.12. The summed E-state index contributed by atoms with van der Waals surface area (Å²) >= 11 is 0. The van der Waals surface area contributed by atoms with Gasteiger partial charge in [-0.25, -0.2) is 4.57 Å². The lowest BCUT2D eigenvalue weighted by Crippen LogP contribution is -2.36. The second-order valence-electron chi connectivity index (χ2n) is 5.74. The van der Waals surface area contributed by atoms with Crippen molar-refractivity contribution in [1.29, 1.82) is 0 Å². The van der Waals surface area contributed by atoms with Gasteiger partial charge in [-0.3, -0.25) is 4.52 Å². The Kier molecular flexibility index (Phi) is 5.81. The minimum atomic E-state index is -4.41. The molecule has 2 N–H and O–H groups in total. The number of phosphoric acid groups is 1. The summed E-state index contributed by atoms with van der Waals surface area (Å²) < 4.78 is 21.6. The topological polar surface area (TPSA) is 76.0 Å². The highest BCUT2D eigenvalue weighted by atomic mass is 31.2. The van der Waals surface area contributed by atoms with Gasteiger partial charge < -0.3 is 14.5 Å². The molecule has 1 fully saturated rings. The van der Waals surface area contributed by atoms with Crippen LogP contribution in [-0.2, 0) is 13.8 Å². The molecule has 1 aliphatic rings. The van der Waals surface area contributed by atoms with Crippen LogP contribution in [0.4, 0.5) is 0 Å². The van der Waals surface area contributed by atoms with E-state index in [0.29, 0.717) is 24.7 Å². The molecular formula is C12H25O5P. The first kappa shape index (κ1) is 16.1. The third-order valence-electron chi connectivity index (χ3n) is 3.35. The fourth-order valence-corrected chi connectivity index (χ4v) is 3.14. The van der Waals surface area contributed by atoms with E-state index < -0.39 is 13.9 Å². The van der Waals surface area contributed by atoms with Crippen molar-refractivity contribution in [2.45, 2.75) is 65.3 Å². The van der Waals surface area contributed by atoms with Gasteiger partial charge in [0.1, 0.15) is 0 Å². The van der Waals surface area contributed by atoms with E-state index in [0.717, 1.165) is 6.42 Å². The van der Waals surface area contributed by atoms with Gasteiger partial charge in [-0.15, -0.1) is 0 Å². The van der Waals surface area contributed by atoms with E-state index in [2.05, 4.69) is 13.8 Å². The molecule has 0 spiro atoms. The number of hydrogen-bond donors (Lipinski definition) is 2. The number of ether oxygens (including phenoxy) is 1. The molecule has 0 aromatic carbocycles. The van der Waals surface area contributed by atoms with Gasteiger partial charge in [0.25, 0.3) is 0 Å². The Morgan fingerprint density at radius 2 is 1.61 bits per heavy atom. The minimum absolute atomic E-state index is 0.0303. The van der Waals surface area contributed by atoms with Gasteiger partial charge in [0.2, 0.25) is 0 Å². The molecule has 5 nitrogen and oxygen atoms in total. The van der Waals surface area contributed by atoms with Crippen LogP contribution in [0.3, 0.4) is 0 Å². The molecule has 0 amide bonds. The molecule has 0 aliphatic heterocycles. The number of rotatable bonds is 5. The van der Waals surface area contributed by atoms with Gasteiger partial charge in [-0.2, -0.15) is 0 Å². The highest BCUT2D eigenvalue weighted by Crippen LogP contribution is 2.43. The SMILES string of the molecule is CC(C)O[C@@H]1C[C@H](OP(=O)(O)O)C[C@H](C(C)C)C1. The van der Waals surface area contributed by atoms with Crippen molar-refractivity contribution in [2.24, 2.45) is 11.8 Å². The summed E-state index contributed by atoms with van der Waals surface area (Å²) in [6.45, 7) is 8.18. The van der Waals surface area contributed by atoms with E-state index in [1.54, 1.807) is 0 Å². The van der Waals surface area contributed by atoms with E-state index in [4.69, 9.17) is 19.0 Å². The predicted octanol–water partition coefficient (Wildman–Crippen LogP) is 2.71. The summed E-state index contributed by atoms with van der Waals surface area (Å²) in [5.74, 6) is 0.852. The third-order valence-corrected chi connectivity index (χ3v) is 3.92. The van der Waals surface area contributed by atoms with Crippen molar-refractivity contribution in [2.75, 3.05) is 0 Å². The predicted molar refractivity (Wildman–Crippen MR) is 69.1 cm³/mol. The smallest absolute Gasteiger partial charge is 0.375 e. The van der Waals surface area contributed by atoms with Gasteiger partial charge in [0, 0.05) is 6.42 Å². The molecule has 0 radical (unpaired) electrons. The Morgan fingerprint density at radius 1 is 1.06 bits per heavy atom. The van der Waals surface area contributed by atoms with Crippen LogP contribution in [0, 0.1) is 11.8 Å². The molecule has 0 heterocycles. The zero-order chi connectivity index (χ0) is 13.9. The molecule has 6 heteroatoms. The maximum atomic E-state index is 10.9. The van der Waals surface area contributed by atoms with Gasteiger partial charge in [-0.1, -0.05) is 13.8 Å². The van der Waals surface area contributed by atoms with Crippen LogP contribution in [0.25, 0.3) is 0 Å². The molecule has 0 aromatic rings. The third kappa shape index (κ3) is 5.81. The monoisotopic (exact) mass is 280 g/mol. The Bertz CT molecular complexity index is 299. The average molecular weight is 280 g/mol.